The molecule has 0 radical (unpaired) electrons. The van der Waals surface area contributed by atoms with E-state index in [1.807, 2.05) is 29.7 Å². The van der Waals surface area contributed by atoms with Crippen molar-refractivity contribution in [1.29, 1.82) is 0 Å². The fraction of sp³-hybridized carbons (Fsp3) is 0.467. The van der Waals surface area contributed by atoms with Crippen LogP contribution in [0.15, 0.2) is 58.5 Å². The first-order valence-corrected chi connectivity index (χ1v) is 15.3. The summed E-state index contributed by atoms with van der Waals surface area (Å²) in [6, 6.07) is 10.0. The molecule has 5 rings (SSSR count). The maximum absolute atomic E-state index is 13.3. The van der Waals surface area contributed by atoms with Crippen LogP contribution < -0.4 is 15.5 Å². The molecule has 10 heteroatoms. The summed E-state index contributed by atoms with van der Waals surface area (Å²) >= 11 is 7.83. The van der Waals surface area contributed by atoms with Gasteiger partial charge in [0.25, 0.3) is 11.8 Å². The Morgan fingerprint density at radius 1 is 1.15 bits per heavy atom. The molecule has 2 saturated heterocycles. The van der Waals surface area contributed by atoms with Gasteiger partial charge in [-0.3, -0.25) is 9.59 Å². The summed E-state index contributed by atoms with van der Waals surface area (Å²) < 4.78 is 0. The number of carbonyl (C=O) groups is 2. The maximum atomic E-state index is 13.3. The standard InChI is InChI=1S/C30H37ClN4O4S/c31-25-8-2-1-5-21(25)15-20-16-24(40-19-20)18-33-29(38)27(36)28(37)30(39)35-12-4-9-26(35)22-6-3-7-23(17-22)34-13-10-32-11-14-34/h2-3,6-8,16-17,19,26-28,32,36-37H,1,4-5,9-15,18H2,(H,33,38)/t26-,27-,28-/m1/s1. The topological polar surface area (TPSA) is 105 Å². The zero-order chi connectivity index (χ0) is 28.1. The molecule has 1 aromatic heterocycles. The van der Waals surface area contributed by atoms with Crippen molar-refractivity contribution < 1.29 is 19.8 Å². The van der Waals surface area contributed by atoms with E-state index in [1.165, 1.54) is 16.9 Å². The third-order valence-corrected chi connectivity index (χ3v) is 9.25. The van der Waals surface area contributed by atoms with E-state index in [1.54, 1.807) is 4.90 Å². The van der Waals surface area contributed by atoms with Crippen LogP contribution in [0.1, 0.15) is 47.7 Å². The molecule has 0 unspecified atom stereocenters. The lowest BCUT2D eigenvalue weighted by Crippen LogP contribution is -2.50. The quantitative estimate of drug-likeness (QED) is 0.361. The molecule has 3 heterocycles. The minimum atomic E-state index is -1.85. The summed E-state index contributed by atoms with van der Waals surface area (Å²) in [7, 11) is 0. The number of amides is 2. The molecule has 3 atom stereocenters. The number of carbonyl (C=O) groups excluding carboxylic acids is 2. The lowest BCUT2D eigenvalue weighted by molar-refractivity contribution is -0.153. The van der Waals surface area contributed by atoms with Crippen LogP contribution in [0.5, 0.6) is 0 Å². The molecule has 2 aliphatic heterocycles. The van der Waals surface area contributed by atoms with Crippen LogP contribution in [0.4, 0.5) is 5.69 Å². The van der Waals surface area contributed by atoms with Crippen LogP contribution in [0.2, 0.25) is 0 Å². The number of halogens is 1. The van der Waals surface area contributed by atoms with Crippen molar-refractivity contribution in [1.82, 2.24) is 15.5 Å². The number of allylic oxidation sites excluding steroid dienone is 4. The minimum absolute atomic E-state index is 0.201. The number of hydrogen-bond acceptors (Lipinski definition) is 7. The van der Waals surface area contributed by atoms with Crippen molar-refractivity contribution in [3.05, 3.63) is 74.5 Å². The van der Waals surface area contributed by atoms with Gasteiger partial charge in [0.15, 0.2) is 12.2 Å². The number of nitrogens with one attached hydrogen (secondary N) is 2. The van der Waals surface area contributed by atoms with Gasteiger partial charge < -0.3 is 30.6 Å². The van der Waals surface area contributed by atoms with Gasteiger partial charge in [-0.05, 0) is 78.5 Å². The highest BCUT2D eigenvalue weighted by Gasteiger charge is 2.38. The average Bonchev–Trinajstić information content (AvgIpc) is 3.66. The van der Waals surface area contributed by atoms with Gasteiger partial charge in [-0.25, -0.2) is 0 Å². The highest BCUT2D eigenvalue weighted by atomic mass is 35.5. The molecule has 40 heavy (non-hydrogen) atoms. The zero-order valence-electron chi connectivity index (χ0n) is 22.5. The fourth-order valence-electron chi connectivity index (χ4n) is 5.67. The second-order valence-electron chi connectivity index (χ2n) is 10.6. The zero-order valence-corrected chi connectivity index (χ0v) is 24.1. The predicted octanol–water partition coefficient (Wildman–Crippen LogP) is 3.24. The van der Waals surface area contributed by atoms with Crippen LogP contribution in [0, 0.1) is 0 Å². The smallest absolute Gasteiger partial charge is 0.255 e. The number of likely N-dealkylation sites (tertiary alicyclic amines) is 1. The number of anilines is 1. The van der Waals surface area contributed by atoms with Gasteiger partial charge in [-0.1, -0.05) is 29.8 Å². The normalized spacial score (nSPS) is 21.0. The van der Waals surface area contributed by atoms with Crippen molar-refractivity contribution in [3.63, 3.8) is 0 Å². The number of piperazine rings is 1. The van der Waals surface area contributed by atoms with Gasteiger partial charge in [0.1, 0.15) is 0 Å². The van der Waals surface area contributed by atoms with Gasteiger partial charge in [0.05, 0.1) is 12.6 Å². The molecule has 0 bridgehead atoms. The van der Waals surface area contributed by atoms with E-state index in [0.717, 1.165) is 85.0 Å². The van der Waals surface area contributed by atoms with E-state index < -0.39 is 24.0 Å². The Labute approximate surface area is 244 Å². The molecular formula is C30H37ClN4O4S. The molecule has 1 aromatic carbocycles. The Morgan fingerprint density at radius 2 is 1.98 bits per heavy atom. The van der Waals surface area contributed by atoms with E-state index in [4.69, 9.17) is 11.6 Å². The number of benzene rings is 1. The number of nitrogens with zero attached hydrogens (tertiary/aromatic N) is 2. The first-order chi connectivity index (χ1) is 19.4. The van der Waals surface area contributed by atoms with Crippen LogP contribution in [0.3, 0.4) is 0 Å². The third-order valence-electron chi connectivity index (χ3n) is 7.87. The number of rotatable bonds is 9. The predicted molar refractivity (Wildman–Crippen MR) is 158 cm³/mol. The highest BCUT2D eigenvalue weighted by molar-refractivity contribution is 7.10. The Balaban J connectivity index is 1.16. The average molecular weight is 585 g/mol. The lowest BCUT2D eigenvalue weighted by Gasteiger charge is -2.32. The highest BCUT2D eigenvalue weighted by Crippen LogP contribution is 2.34. The van der Waals surface area contributed by atoms with Crippen LogP contribution >= 0.6 is 22.9 Å². The van der Waals surface area contributed by atoms with E-state index in [-0.39, 0.29) is 12.6 Å². The summed E-state index contributed by atoms with van der Waals surface area (Å²) in [6.45, 7) is 4.40. The molecule has 0 spiro atoms. The van der Waals surface area contributed by atoms with E-state index >= 15 is 0 Å². The molecular weight excluding hydrogens is 548 g/mol. The fourth-order valence-corrected chi connectivity index (χ4v) is 6.75. The molecule has 214 valence electrons. The van der Waals surface area contributed by atoms with Crippen molar-refractivity contribution in [3.8, 4) is 0 Å². The summed E-state index contributed by atoms with van der Waals surface area (Å²) in [5.41, 5.74) is 4.44. The maximum Gasteiger partial charge on any atom is 0.255 e. The second kappa shape index (κ2) is 13.3. The number of hydrogen-bond donors (Lipinski definition) is 4. The van der Waals surface area contributed by atoms with Gasteiger partial charge >= 0.3 is 0 Å². The molecule has 4 N–H and O–H groups in total. The van der Waals surface area contributed by atoms with Crippen LogP contribution in [0.25, 0.3) is 0 Å². The van der Waals surface area contributed by atoms with Gasteiger partial charge in [0.2, 0.25) is 0 Å². The Hall–Kier alpha value is -2.69. The Morgan fingerprint density at radius 3 is 2.77 bits per heavy atom. The Bertz CT molecular complexity index is 1270. The molecule has 2 fully saturated rings. The van der Waals surface area contributed by atoms with E-state index in [0.29, 0.717) is 6.54 Å². The summed E-state index contributed by atoms with van der Waals surface area (Å²) in [6.07, 6.45) is 4.58. The SMILES string of the molecule is O=C(NCc1cc(CC2=C(Cl)C=CCC2)cs1)[C@H](O)[C@@H](O)C(=O)N1CCC[C@@H]1c1cccc(N2CCNCC2)c1. The lowest BCUT2D eigenvalue weighted by atomic mass is 9.99. The third kappa shape index (κ3) is 6.78. The van der Waals surface area contributed by atoms with Crippen molar-refractivity contribution in [2.75, 3.05) is 37.6 Å². The molecule has 8 nitrogen and oxygen atoms in total. The molecule has 3 aliphatic rings. The van der Waals surface area contributed by atoms with Crippen molar-refractivity contribution in [2.45, 2.75) is 56.9 Å². The van der Waals surface area contributed by atoms with Crippen molar-refractivity contribution in [2.24, 2.45) is 0 Å². The number of aliphatic hydroxyl groups excluding tert-OH is 2. The summed E-state index contributed by atoms with van der Waals surface area (Å²) in [5.74, 6) is -1.39. The second-order valence-corrected chi connectivity index (χ2v) is 12.0. The first-order valence-electron chi connectivity index (χ1n) is 14.0. The molecule has 2 amide bonds. The Kier molecular flexibility index (Phi) is 9.59. The molecule has 1 aliphatic carbocycles. The first kappa shape index (κ1) is 28.8. The monoisotopic (exact) mass is 584 g/mol. The summed E-state index contributed by atoms with van der Waals surface area (Å²) in [5, 5.41) is 30.1. The van der Waals surface area contributed by atoms with E-state index in [2.05, 4.69) is 33.7 Å². The molecule has 0 saturated carbocycles. The minimum Gasteiger partial charge on any atom is -0.380 e. The van der Waals surface area contributed by atoms with Gasteiger partial charge in [0, 0.05) is 48.3 Å². The van der Waals surface area contributed by atoms with E-state index in [9.17, 15) is 19.8 Å². The van der Waals surface area contributed by atoms with Gasteiger partial charge in [-0.2, -0.15) is 0 Å². The largest absolute Gasteiger partial charge is 0.380 e. The number of thiophene rings is 1. The summed E-state index contributed by atoms with van der Waals surface area (Å²) in [4.78, 5) is 30.8. The van der Waals surface area contributed by atoms with Gasteiger partial charge in [-0.15, -0.1) is 11.3 Å². The van der Waals surface area contributed by atoms with Crippen LogP contribution in [-0.4, -0.2) is 71.9 Å². The van der Waals surface area contributed by atoms with Crippen LogP contribution in [-0.2, 0) is 22.6 Å². The number of aliphatic hydroxyl groups is 2. The van der Waals surface area contributed by atoms with Crippen molar-refractivity contribution >= 4 is 40.4 Å². The molecule has 2 aromatic rings.